The molecule has 0 aliphatic heterocycles. The van der Waals surface area contributed by atoms with E-state index in [1.165, 1.54) is 23.3 Å². The topological polar surface area (TPSA) is 75.3 Å². The highest BCUT2D eigenvalue weighted by Gasteiger charge is 2.44. The zero-order valence-electron chi connectivity index (χ0n) is 11.5. The summed E-state index contributed by atoms with van der Waals surface area (Å²) in [5.74, 6) is -1.13. The third kappa shape index (κ3) is 3.02. The molecule has 1 heterocycles. The van der Waals surface area contributed by atoms with E-state index in [2.05, 4.69) is 52.8 Å². The summed E-state index contributed by atoms with van der Waals surface area (Å²) in [5, 5.41) is 20.8. The quantitative estimate of drug-likeness (QED) is 0.611. The van der Waals surface area contributed by atoms with E-state index in [4.69, 9.17) is 0 Å². The van der Waals surface area contributed by atoms with E-state index in [1.54, 1.807) is 19.1 Å². The third-order valence-corrected chi connectivity index (χ3v) is 6.92. The number of hydrogen-bond acceptors (Lipinski definition) is 3. The maximum atomic E-state index is 11.8. The van der Waals surface area contributed by atoms with Crippen LogP contribution in [0.2, 0.25) is 0 Å². The van der Waals surface area contributed by atoms with Crippen molar-refractivity contribution < 1.29 is 15.0 Å². The van der Waals surface area contributed by atoms with Crippen LogP contribution < -0.4 is 0 Å². The van der Waals surface area contributed by atoms with Crippen LogP contribution in [-0.2, 0) is 10.4 Å². The lowest BCUT2D eigenvalue weighted by atomic mass is 9.83. The molecule has 2 atom stereocenters. The fourth-order valence-corrected chi connectivity index (χ4v) is 4.02. The largest absolute Gasteiger partial charge is 0.480 e. The van der Waals surface area contributed by atoms with Crippen molar-refractivity contribution in [2.75, 3.05) is 0 Å². The van der Waals surface area contributed by atoms with Gasteiger partial charge in [-0.15, -0.1) is 0 Å². The molecule has 0 spiro atoms. The van der Waals surface area contributed by atoms with E-state index < -0.39 is 17.6 Å². The van der Waals surface area contributed by atoms with Crippen LogP contribution >= 0.6 is 47.8 Å². The average Bonchev–Trinajstić information content (AvgIpc) is 2.98. The van der Waals surface area contributed by atoms with Gasteiger partial charge in [0.2, 0.25) is 0 Å². The molecule has 118 valence electrons. The maximum Gasteiger partial charge on any atom is 0.330 e. The van der Waals surface area contributed by atoms with Crippen molar-refractivity contribution in [2.24, 2.45) is 0 Å². The fraction of sp³-hybridized carbons (Fsp3) is 0.286. The van der Waals surface area contributed by atoms with E-state index in [9.17, 15) is 15.0 Å². The highest BCUT2D eigenvalue weighted by molar-refractivity contribution is 9.14. The Morgan fingerprint density at radius 1 is 1.36 bits per heavy atom. The minimum absolute atomic E-state index is 0.217. The van der Waals surface area contributed by atoms with E-state index in [1.807, 2.05) is 0 Å². The average molecular weight is 497 g/mol. The summed E-state index contributed by atoms with van der Waals surface area (Å²) in [4.78, 5) is 15.7. The zero-order valence-corrected chi connectivity index (χ0v) is 16.3. The highest BCUT2D eigenvalue weighted by Crippen LogP contribution is 2.44. The number of carboxylic acids is 1. The van der Waals surface area contributed by atoms with Crippen LogP contribution in [-0.4, -0.2) is 25.7 Å². The highest BCUT2D eigenvalue weighted by atomic mass is 79.9. The van der Waals surface area contributed by atoms with Crippen molar-refractivity contribution in [3.05, 3.63) is 49.8 Å². The molecular weight excluding hydrogens is 484 g/mol. The number of aromatic nitrogens is 2. The molecule has 0 aliphatic carbocycles. The standard InChI is InChI=1S/C14H13Br3N2O3/c1-2-14(22,8-3-4-9(15)11(17)10(8)16)12(13(20)21)19-6-5-18-7-19/h3-7,12,22H,2H2,1H3,(H,20,21). The lowest BCUT2D eigenvalue weighted by Gasteiger charge is -2.35. The molecule has 2 aromatic rings. The second kappa shape index (κ2) is 6.82. The fourth-order valence-electron chi connectivity index (χ4n) is 2.39. The Morgan fingerprint density at radius 3 is 2.55 bits per heavy atom. The minimum Gasteiger partial charge on any atom is -0.480 e. The van der Waals surface area contributed by atoms with E-state index in [0.717, 1.165) is 4.47 Å². The number of hydrogen-bond donors (Lipinski definition) is 2. The van der Waals surface area contributed by atoms with Gasteiger partial charge in [-0.2, -0.15) is 0 Å². The number of benzene rings is 1. The lowest BCUT2D eigenvalue weighted by molar-refractivity contribution is -0.151. The first-order chi connectivity index (χ1) is 10.3. The summed E-state index contributed by atoms with van der Waals surface area (Å²) in [6, 6.07) is 2.27. The first kappa shape index (κ1) is 17.7. The maximum absolute atomic E-state index is 11.8. The first-order valence-electron chi connectivity index (χ1n) is 6.39. The van der Waals surface area contributed by atoms with Gasteiger partial charge in [0.1, 0.15) is 5.60 Å². The second-order valence-corrected chi connectivity index (χ2v) is 7.19. The molecule has 1 aromatic carbocycles. The lowest BCUT2D eigenvalue weighted by Crippen LogP contribution is -2.41. The van der Waals surface area contributed by atoms with Crippen molar-refractivity contribution in [2.45, 2.75) is 25.0 Å². The van der Waals surface area contributed by atoms with E-state index in [-0.39, 0.29) is 6.42 Å². The summed E-state index contributed by atoms with van der Waals surface area (Å²) in [5.41, 5.74) is -1.11. The summed E-state index contributed by atoms with van der Waals surface area (Å²) in [6.45, 7) is 1.75. The van der Waals surface area contributed by atoms with Gasteiger partial charge in [-0.25, -0.2) is 9.78 Å². The Hall–Kier alpha value is -0.700. The van der Waals surface area contributed by atoms with E-state index in [0.29, 0.717) is 14.5 Å². The number of carboxylic acid groups (broad SMARTS) is 1. The Morgan fingerprint density at radius 2 is 2.05 bits per heavy atom. The minimum atomic E-state index is -1.60. The molecule has 2 rings (SSSR count). The monoisotopic (exact) mass is 494 g/mol. The predicted molar refractivity (Wildman–Crippen MR) is 92.6 cm³/mol. The van der Waals surface area contributed by atoms with Gasteiger partial charge in [0.15, 0.2) is 6.04 Å². The second-order valence-electron chi connectivity index (χ2n) is 4.75. The van der Waals surface area contributed by atoms with Crippen LogP contribution in [0.15, 0.2) is 44.3 Å². The van der Waals surface area contributed by atoms with E-state index >= 15 is 0 Å². The third-order valence-electron chi connectivity index (χ3n) is 3.55. The number of carbonyl (C=O) groups is 1. The molecule has 22 heavy (non-hydrogen) atoms. The van der Waals surface area contributed by atoms with Gasteiger partial charge in [-0.1, -0.05) is 13.0 Å². The smallest absolute Gasteiger partial charge is 0.330 e. The Labute approximate surface area is 152 Å². The Bertz CT molecular complexity index is 691. The van der Waals surface area contributed by atoms with Crippen molar-refractivity contribution in [1.29, 1.82) is 0 Å². The van der Waals surface area contributed by atoms with Gasteiger partial charge >= 0.3 is 5.97 Å². The molecular formula is C14H13Br3N2O3. The van der Waals surface area contributed by atoms with Crippen molar-refractivity contribution in [3.8, 4) is 0 Å². The number of halogens is 3. The molecule has 8 heteroatoms. The van der Waals surface area contributed by atoms with Crippen LogP contribution in [0.25, 0.3) is 0 Å². The number of rotatable bonds is 5. The molecule has 0 bridgehead atoms. The van der Waals surface area contributed by atoms with Crippen molar-refractivity contribution in [3.63, 3.8) is 0 Å². The first-order valence-corrected chi connectivity index (χ1v) is 8.77. The van der Waals surface area contributed by atoms with Gasteiger partial charge in [0.05, 0.1) is 6.33 Å². The SMILES string of the molecule is CCC(O)(c1ccc(Br)c(Br)c1Br)C(C(=O)O)n1ccnc1. The van der Waals surface area contributed by atoms with Crippen LogP contribution in [0, 0.1) is 0 Å². The number of nitrogens with zero attached hydrogens (tertiary/aromatic N) is 2. The summed E-state index contributed by atoms with van der Waals surface area (Å²) in [6.07, 6.45) is 4.62. The van der Waals surface area contributed by atoms with Crippen LogP contribution in [0.4, 0.5) is 0 Å². The normalized spacial score (nSPS) is 15.3. The summed E-state index contributed by atoms with van der Waals surface area (Å²) < 4.78 is 3.52. The molecule has 2 N–H and O–H groups in total. The van der Waals surface area contributed by atoms with Gasteiger partial charge < -0.3 is 14.8 Å². The predicted octanol–water partition coefficient (Wildman–Crippen LogP) is 4.09. The Balaban J connectivity index is 2.66. The van der Waals surface area contributed by atoms with Gasteiger partial charge in [0, 0.05) is 31.4 Å². The molecule has 1 aromatic heterocycles. The molecule has 2 unspecified atom stereocenters. The molecule has 0 saturated heterocycles. The number of aliphatic hydroxyl groups is 1. The molecule has 5 nitrogen and oxygen atoms in total. The Kier molecular flexibility index (Phi) is 5.47. The molecule has 0 aliphatic rings. The summed E-state index contributed by atoms with van der Waals surface area (Å²) >= 11 is 10.2. The molecule has 0 fully saturated rings. The zero-order chi connectivity index (χ0) is 16.5. The summed E-state index contributed by atoms with van der Waals surface area (Å²) in [7, 11) is 0. The van der Waals surface area contributed by atoms with Crippen LogP contribution in [0.1, 0.15) is 24.9 Å². The van der Waals surface area contributed by atoms with Gasteiger partial charge in [0.25, 0.3) is 0 Å². The van der Waals surface area contributed by atoms with Gasteiger partial charge in [-0.05, 0) is 60.3 Å². The van der Waals surface area contributed by atoms with Gasteiger partial charge in [-0.3, -0.25) is 0 Å². The molecule has 0 radical (unpaired) electrons. The number of aliphatic carboxylic acids is 1. The molecule has 0 saturated carbocycles. The molecule has 0 amide bonds. The van der Waals surface area contributed by atoms with Crippen LogP contribution in [0.3, 0.4) is 0 Å². The van der Waals surface area contributed by atoms with Crippen molar-refractivity contribution in [1.82, 2.24) is 9.55 Å². The number of imidazole rings is 1. The van der Waals surface area contributed by atoms with Crippen molar-refractivity contribution >= 4 is 53.8 Å². The van der Waals surface area contributed by atoms with Crippen LogP contribution in [0.5, 0.6) is 0 Å².